The molecule has 0 radical (unpaired) electrons. The molecule has 21 heavy (non-hydrogen) atoms. The zero-order chi connectivity index (χ0) is 15.1. The number of hydrogen-bond acceptors (Lipinski definition) is 2. The SMILES string of the molecule is Cc1nn(C)cc1-c1cc2c(cc1C(F)F)N(C)CCC2. The minimum atomic E-state index is -2.49. The van der Waals surface area contributed by atoms with Crippen LogP contribution in [0.25, 0.3) is 11.1 Å². The van der Waals surface area contributed by atoms with Gasteiger partial charge >= 0.3 is 0 Å². The Bertz CT molecular complexity index is 676. The number of alkyl halides is 2. The molecule has 1 aromatic carbocycles. The van der Waals surface area contributed by atoms with Crippen LogP contribution >= 0.6 is 0 Å². The Morgan fingerprint density at radius 1 is 1.19 bits per heavy atom. The van der Waals surface area contributed by atoms with Crippen molar-refractivity contribution in [2.24, 2.45) is 7.05 Å². The molecule has 0 saturated carbocycles. The van der Waals surface area contributed by atoms with Gasteiger partial charge in [0.1, 0.15) is 0 Å². The van der Waals surface area contributed by atoms with Crippen LogP contribution in [0.4, 0.5) is 14.5 Å². The van der Waals surface area contributed by atoms with Gasteiger partial charge in [0.05, 0.1) is 5.69 Å². The van der Waals surface area contributed by atoms with E-state index < -0.39 is 6.43 Å². The van der Waals surface area contributed by atoms with Gasteiger partial charge in [-0.15, -0.1) is 0 Å². The smallest absolute Gasteiger partial charge is 0.264 e. The summed E-state index contributed by atoms with van der Waals surface area (Å²) in [6.45, 7) is 2.77. The van der Waals surface area contributed by atoms with Crippen LogP contribution in [0.2, 0.25) is 0 Å². The quantitative estimate of drug-likeness (QED) is 0.841. The van der Waals surface area contributed by atoms with Crippen molar-refractivity contribution in [3.8, 4) is 11.1 Å². The first kappa shape index (κ1) is 14.0. The molecule has 1 aliphatic heterocycles. The van der Waals surface area contributed by atoms with Crippen LogP contribution < -0.4 is 4.90 Å². The summed E-state index contributed by atoms with van der Waals surface area (Å²) in [6.07, 6.45) is 1.33. The second-order valence-corrected chi connectivity index (χ2v) is 5.70. The highest BCUT2D eigenvalue weighted by molar-refractivity contribution is 5.74. The van der Waals surface area contributed by atoms with Crippen molar-refractivity contribution in [1.82, 2.24) is 9.78 Å². The van der Waals surface area contributed by atoms with Crippen LogP contribution in [0.1, 0.15) is 29.7 Å². The highest BCUT2D eigenvalue weighted by Gasteiger charge is 2.23. The third-order valence-corrected chi connectivity index (χ3v) is 4.14. The Balaban J connectivity index is 2.22. The molecular weight excluding hydrogens is 272 g/mol. The molecular formula is C16H19F2N3. The Hall–Kier alpha value is -1.91. The number of halogens is 2. The Morgan fingerprint density at radius 2 is 1.95 bits per heavy atom. The second kappa shape index (κ2) is 5.13. The number of anilines is 1. The second-order valence-electron chi connectivity index (χ2n) is 5.70. The summed E-state index contributed by atoms with van der Waals surface area (Å²) < 4.78 is 28.7. The molecule has 5 heteroatoms. The van der Waals surface area contributed by atoms with Crippen molar-refractivity contribution in [1.29, 1.82) is 0 Å². The first-order chi connectivity index (χ1) is 9.97. The van der Waals surface area contributed by atoms with Gasteiger partial charge < -0.3 is 4.90 Å². The first-order valence-corrected chi connectivity index (χ1v) is 7.14. The Morgan fingerprint density at radius 3 is 2.57 bits per heavy atom. The molecule has 3 nitrogen and oxygen atoms in total. The fourth-order valence-corrected chi connectivity index (χ4v) is 3.11. The summed E-state index contributed by atoms with van der Waals surface area (Å²) in [4.78, 5) is 2.06. The summed E-state index contributed by atoms with van der Waals surface area (Å²) in [5.41, 5.74) is 4.36. The van der Waals surface area contributed by atoms with Crippen molar-refractivity contribution in [3.63, 3.8) is 0 Å². The number of hydrogen-bond donors (Lipinski definition) is 0. The molecule has 1 aromatic heterocycles. The van der Waals surface area contributed by atoms with Crippen molar-refractivity contribution < 1.29 is 8.78 Å². The van der Waals surface area contributed by atoms with E-state index in [1.807, 2.05) is 33.3 Å². The average Bonchev–Trinajstić information content (AvgIpc) is 2.76. The van der Waals surface area contributed by atoms with Gasteiger partial charge in [0.15, 0.2) is 0 Å². The molecule has 0 fully saturated rings. The molecule has 0 amide bonds. The lowest BCUT2D eigenvalue weighted by Gasteiger charge is -2.29. The molecule has 112 valence electrons. The highest BCUT2D eigenvalue weighted by Crippen LogP contribution is 2.39. The molecule has 0 bridgehead atoms. The Kier molecular flexibility index (Phi) is 3.43. The van der Waals surface area contributed by atoms with Gasteiger partial charge in [0.25, 0.3) is 6.43 Å². The van der Waals surface area contributed by atoms with E-state index in [1.165, 1.54) is 0 Å². The topological polar surface area (TPSA) is 21.1 Å². The van der Waals surface area contributed by atoms with Gasteiger partial charge in [0.2, 0.25) is 0 Å². The normalized spacial score (nSPS) is 14.7. The van der Waals surface area contributed by atoms with Gasteiger partial charge in [-0.05, 0) is 43.0 Å². The average molecular weight is 291 g/mol. The lowest BCUT2D eigenvalue weighted by molar-refractivity contribution is 0.152. The van der Waals surface area contributed by atoms with E-state index in [0.717, 1.165) is 41.9 Å². The number of aryl methyl sites for hydroxylation is 3. The van der Waals surface area contributed by atoms with Gasteiger partial charge in [0, 0.05) is 43.7 Å². The van der Waals surface area contributed by atoms with E-state index in [0.29, 0.717) is 5.56 Å². The first-order valence-electron chi connectivity index (χ1n) is 7.14. The standard InChI is InChI=1S/C16H19F2N3/c1-10-14(9-21(3)19-10)12-7-11-5-4-6-20(2)15(11)8-13(12)16(17)18/h7-9,16H,4-6H2,1-3H3. The molecule has 1 aliphatic rings. The molecule has 0 N–H and O–H groups in total. The van der Waals surface area contributed by atoms with Crippen LogP contribution in [-0.2, 0) is 13.5 Å². The molecule has 0 unspecified atom stereocenters. The van der Waals surface area contributed by atoms with E-state index in [-0.39, 0.29) is 5.56 Å². The molecule has 2 heterocycles. The molecule has 2 aromatic rings. The minimum absolute atomic E-state index is 0.0959. The van der Waals surface area contributed by atoms with E-state index in [1.54, 1.807) is 10.7 Å². The summed E-state index contributed by atoms with van der Waals surface area (Å²) in [5, 5.41) is 4.28. The maximum absolute atomic E-state index is 13.5. The maximum Gasteiger partial charge on any atom is 0.264 e. The summed E-state index contributed by atoms with van der Waals surface area (Å²) in [5.74, 6) is 0. The molecule has 0 atom stereocenters. The number of benzene rings is 1. The van der Waals surface area contributed by atoms with E-state index in [2.05, 4.69) is 10.00 Å². The fraction of sp³-hybridized carbons (Fsp3) is 0.438. The lowest BCUT2D eigenvalue weighted by Crippen LogP contribution is -2.25. The van der Waals surface area contributed by atoms with Crippen LogP contribution in [0.5, 0.6) is 0 Å². The van der Waals surface area contributed by atoms with Crippen molar-refractivity contribution in [3.05, 3.63) is 35.2 Å². The predicted molar refractivity (Wildman–Crippen MR) is 79.9 cm³/mol. The zero-order valence-corrected chi connectivity index (χ0v) is 12.5. The zero-order valence-electron chi connectivity index (χ0n) is 12.5. The number of fused-ring (bicyclic) bond motifs is 1. The van der Waals surface area contributed by atoms with Crippen LogP contribution in [0.15, 0.2) is 18.3 Å². The molecule has 3 rings (SSSR count). The third kappa shape index (κ3) is 2.41. The lowest BCUT2D eigenvalue weighted by atomic mass is 9.92. The molecule has 0 spiro atoms. The Labute approximate surface area is 123 Å². The number of aromatic nitrogens is 2. The van der Waals surface area contributed by atoms with E-state index in [9.17, 15) is 8.78 Å². The largest absolute Gasteiger partial charge is 0.374 e. The van der Waals surface area contributed by atoms with Gasteiger partial charge in [-0.3, -0.25) is 4.68 Å². The van der Waals surface area contributed by atoms with Crippen molar-refractivity contribution in [2.45, 2.75) is 26.2 Å². The summed E-state index contributed by atoms with van der Waals surface area (Å²) >= 11 is 0. The van der Waals surface area contributed by atoms with Crippen LogP contribution in [0, 0.1) is 6.92 Å². The summed E-state index contributed by atoms with van der Waals surface area (Å²) in [7, 11) is 3.77. The van der Waals surface area contributed by atoms with Gasteiger partial charge in [-0.1, -0.05) is 0 Å². The third-order valence-electron chi connectivity index (χ3n) is 4.14. The molecule has 0 aliphatic carbocycles. The van der Waals surface area contributed by atoms with Gasteiger partial charge in [-0.2, -0.15) is 5.10 Å². The van der Waals surface area contributed by atoms with E-state index >= 15 is 0 Å². The monoisotopic (exact) mass is 291 g/mol. The van der Waals surface area contributed by atoms with Crippen LogP contribution in [0.3, 0.4) is 0 Å². The fourth-order valence-electron chi connectivity index (χ4n) is 3.11. The predicted octanol–water partition coefficient (Wildman–Crippen LogP) is 3.72. The molecule has 0 saturated heterocycles. The van der Waals surface area contributed by atoms with E-state index in [4.69, 9.17) is 0 Å². The van der Waals surface area contributed by atoms with Crippen LogP contribution in [-0.4, -0.2) is 23.4 Å². The summed E-state index contributed by atoms with van der Waals surface area (Å²) in [6, 6.07) is 3.58. The van der Waals surface area contributed by atoms with Gasteiger partial charge in [-0.25, -0.2) is 8.78 Å². The van der Waals surface area contributed by atoms with Crippen molar-refractivity contribution >= 4 is 5.69 Å². The van der Waals surface area contributed by atoms with Crippen molar-refractivity contribution in [2.75, 3.05) is 18.5 Å². The maximum atomic E-state index is 13.5. The number of nitrogens with zero attached hydrogens (tertiary/aromatic N) is 3. The highest BCUT2D eigenvalue weighted by atomic mass is 19.3. The minimum Gasteiger partial charge on any atom is -0.374 e. The number of rotatable bonds is 2.